The van der Waals surface area contributed by atoms with E-state index < -0.39 is 18.2 Å². The molecule has 0 N–H and O–H groups in total. The van der Waals surface area contributed by atoms with Gasteiger partial charge in [-0.1, -0.05) is 45.0 Å². The van der Waals surface area contributed by atoms with E-state index in [4.69, 9.17) is 18.8 Å². The number of nitrogens with zero attached hydrogens (tertiary/aromatic N) is 3. The Balaban J connectivity index is 1.13. The van der Waals surface area contributed by atoms with E-state index in [-0.39, 0.29) is 28.1 Å². The lowest BCUT2D eigenvalue weighted by molar-refractivity contribution is -0.211. The molecule has 7 fully saturated rings. The minimum atomic E-state index is -1.12. The van der Waals surface area contributed by atoms with Crippen molar-refractivity contribution in [3.8, 4) is 0 Å². The monoisotopic (exact) mass is 549 g/mol. The van der Waals surface area contributed by atoms with Gasteiger partial charge in [0.1, 0.15) is 5.67 Å². The number of anilines is 1. The van der Waals surface area contributed by atoms with Gasteiger partial charge < -0.3 is 18.7 Å². The highest BCUT2D eigenvalue weighted by Crippen LogP contribution is 2.70. The molecule has 7 aliphatic rings. The largest absolute Gasteiger partial charge is 0.493 e. The van der Waals surface area contributed by atoms with E-state index in [1.807, 2.05) is 23.1 Å². The first-order valence-corrected chi connectivity index (χ1v) is 15.1. The average molecular weight is 549 g/mol. The van der Waals surface area contributed by atoms with Crippen molar-refractivity contribution >= 4 is 24.2 Å². The third kappa shape index (κ3) is 4.25. The summed E-state index contributed by atoms with van der Waals surface area (Å²) in [5, 5.41) is 4.25. The number of halogens is 1. The summed E-state index contributed by atoms with van der Waals surface area (Å²) >= 11 is 0. The van der Waals surface area contributed by atoms with Crippen LogP contribution in [0.5, 0.6) is 0 Å². The topological polar surface area (TPSA) is 77.7 Å². The molecule has 4 bridgehead atoms. The van der Waals surface area contributed by atoms with Crippen LogP contribution in [-0.4, -0.2) is 48.6 Å². The predicted octanol–water partition coefficient (Wildman–Crippen LogP) is 5.48. The van der Waals surface area contributed by atoms with E-state index in [2.05, 4.69) is 38.9 Å². The quantitative estimate of drug-likeness (QED) is 0.426. The molecule has 6 saturated carbocycles. The molecule has 0 radical (unpaired) electrons. The minimum Gasteiger partial charge on any atom is -0.407 e. The van der Waals surface area contributed by atoms with Gasteiger partial charge >= 0.3 is 7.12 Å². The van der Waals surface area contributed by atoms with Crippen LogP contribution < -0.4 is 10.4 Å². The van der Waals surface area contributed by atoms with Gasteiger partial charge in [-0.25, -0.2) is 4.39 Å². The van der Waals surface area contributed by atoms with Crippen molar-refractivity contribution in [3.05, 3.63) is 36.0 Å². The fourth-order valence-corrected chi connectivity index (χ4v) is 8.02. The van der Waals surface area contributed by atoms with Gasteiger partial charge in [-0.15, -0.1) is 0 Å². The first kappa shape index (κ1) is 26.6. The Morgan fingerprint density at radius 3 is 2.27 bits per heavy atom. The summed E-state index contributed by atoms with van der Waals surface area (Å²) in [7, 11) is -0.442. The summed E-state index contributed by atoms with van der Waals surface area (Å²) in [4.78, 5) is 20.9. The first-order valence-electron chi connectivity index (χ1n) is 15.1. The van der Waals surface area contributed by atoms with Gasteiger partial charge in [0.25, 0.3) is 0 Å². The lowest BCUT2D eigenvalue weighted by Crippen LogP contribution is -2.71. The number of fused-ring (bicyclic) bond motifs is 3. The highest BCUT2D eigenvalue weighted by molar-refractivity contribution is 6.61. The Labute approximate surface area is 236 Å². The lowest BCUT2D eigenvalue weighted by Gasteiger charge is -2.65. The van der Waals surface area contributed by atoms with E-state index in [1.165, 1.54) is 0 Å². The molecule has 1 aliphatic heterocycles. The van der Waals surface area contributed by atoms with Crippen molar-refractivity contribution in [2.45, 2.75) is 102 Å². The van der Waals surface area contributed by atoms with Gasteiger partial charge in [0.05, 0.1) is 5.41 Å². The van der Waals surface area contributed by atoms with E-state index in [1.54, 1.807) is 0 Å². The summed E-state index contributed by atoms with van der Waals surface area (Å²) in [5.41, 5.74) is 0.108. The molecule has 9 heteroatoms. The molecule has 214 valence electrons. The van der Waals surface area contributed by atoms with Crippen molar-refractivity contribution in [1.82, 2.24) is 10.1 Å². The SMILES string of the molecule is CC(C)c1noc(C23CCC(CN(C(=O)C45CC(F)(C4)C5)c4cccc(B5OCC(C)(C)CO5)c4)(CC2)CC3)n1. The smallest absolute Gasteiger partial charge is 0.407 e. The third-order valence-electron chi connectivity index (χ3n) is 10.7. The van der Waals surface area contributed by atoms with Crippen LogP contribution in [0.3, 0.4) is 0 Å². The molecule has 0 spiro atoms. The van der Waals surface area contributed by atoms with Gasteiger partial charge in [-0.2, -0.15) is 4.98 Å². The molecule has 0 unspecified atom stereocenters. The van der Waals surface area contributed by atoms with Crippen LogP contribution in [-0.2, 0) is 19.5 Å². The minimum absolute atomic E-state index is 0.0174. The van der Waals surface area contributed by atoms with Crippen LogP contribution in [0.15, 0.2) is 28.8 Å². The second-order valence-corrected chi connectivity index (χ2v) is 15.0. The maximum Gasteiger partial charge on any atom is 0.493 e. The van der Waals surface area contributed by atoms with Crippen LogP contribution in [0.2, 0.25) is 0 Å². The maximum atomic E-state index is 14.5. The zero-order chi connectivity index (χ0) is 28.0. The number of hydrogen-bond acceptors (Lipinski definition) is 6. The van der Waals surface area contributed by atoms with Crippen LogP contribution in [0, 0.1) is 16.2 Å². The Hall–Kier alpha value is -2.26. The number of benzene rings is 1. The van der Waals surface area contributed by atoms with E-state index in [0.29, 0.717) is 39.0 Å². The molecule has 2 heterocycles. The summed E-state index contributed by atoms with van der Waals surface area (Å²) in [5.74, 6) is 1.91. The Morgan fingerprint density at radius 1 is 1.05 bits per heavy atom. The number of hydrogen-bond donors (Lipinski definition) is 0. The van der Waals surface area contributed by atoms with Crippen molar-refractivity contribution < 1.29 is 23.0 Å². The Morgan fingerprint density at radius 2 is 1.70 bits per heavy atom. The summed E-state index contributed by atoms with van der Waals surface area (Å²) in [6.45, 7) is 10.3. The summed E-state index contributed by atoms with van der Waals surface area (Å²) in [6, 6.07) is 8.07. The van der Waals surface area contributed by atoms with Gasteiger partial charge in [0.15, 0.2) is 5.82 Å². The molecule has 9 rings (SSSR count). The van der Waals surface area contributed by atoms with Crippen LogP contribution in [0.25, 0.3) is 0 Å². The standard InChI is InChI=1S/C31H41BFN3O4/c1-21(2)24-34-25(40-35-24)29-11-8-28(9-12-29,10-13-29)18-36(26(37)30-15-31(33,16-30)17-30)23-7-5-6-22(14-23)32-38-19-27(3,4)20-39-32/h5-7,14,21H,8-13,15-20H2,1-4H3. The molecule has 1 aromatic heterocycles. The third-order valence-corrected chi connectivity index (χ3v) is 10.7. The Kier molecular flexibility index (Phi) is 5.91. The molecule has 7 nitrogen and oxygen atoms in total. The molecule has 1 aromatic carbocycles. The van der Waals surface area contributed by atoms with E-state index in [0.717, 1.165) is 61.4 Å². The molecule has 0 atom stereocenters. The zero-order valence-corrected chi connectivity index (χ0v) is 24.3. The van der Waals surface area contributed by atoms with Gasteiger partial charge in [-0.3, -0.25) is 4.79 Å². The van der Waals surface area contributed by atoms with Crippen LogP contribution >= 0.6 is 0 Å². The van der Waals surface area contributed by atoms with Crippen molar-refractivity contribution in [3.63, 3.8) is 0 Å². The fraction of sp³-hybridized carbons (Fsp3) is 0.710. The normalized spacial score (nSPS) is 35.8. The maximum absolute atomic E-state index is 14.5. The molecule has 6 aliphatic carbocycles. The predicted molar refractivity (Wildman–Crippen MR) is 150 cm³/mol. The van der Waals surface area contributed by atoms with Gasteiger partial charge in [0.2, 0.25) is 11.8 Å². The number of rotatable bonds is 7. The summed E-state index contributed by atoms with van der Waals surface area (Å²) < 4.78 is 32.5. The summed E-state index contributed by atoms with van der Waals surface area (Å²) in [6.07, 6.45) is 7.12. The second kappa shape index (κ2) is 8.87. The molecular formula is C31H41BFN3O4. The molecular weight excluding hydrogens is 508 g/mol. The van der Waals surface area contributed by atoms with E-state index >= 15 is 0 Å². The average Bonchev–Trinajstić information content (AvgIpc) is 3.42. The molecule has 1 saturated heterocycles. The highest BCUT2D eigenvalue weighted by Gasteiger charge is 2.73. The number of carbonyl (C=O) groups excluding carboxylic acids is 1. The highest BCUT2D eigenvalue weighted by atomic mass is 19.1. The van der Waals surface area contributed by atoms with Crippen LogP contribution in [0.4, 0.5) is 10.1 Å². The fourth-order valence-electron chi connectivity index (χ4n) is 8.02. The number of aromatic nitrogens is 2. The Bertz CT molecular complexity index is 1270. The van der Waals surface area contributed by atoms with Crippen molar-refractivity contribution in [1.29, 1.82) is 0 Å². The number of carbonyl (C=O) groups is 1. The molecule has 1 amide bonds. The lowest BCUT2D eigenvalue weighted by atomic mass is 9.41. The van der Waals surface area contributed by atoms with Crippen molar-refractivity contribution in [2.24, 2.45) is 16.2 Å². The van der Waals surface area contributed by atoms with Crippen molar-refractivity contribution in [2.75, 3.05) is 24.7 Å². The number of alkyl halides is 1. The number of amides is 1. The van der Waals surface area contributed by atoms with Gasteiger partial charge in [-0.05, 0) is 80.8 Å². The zero-order valence-electron chi connectivity index (χ0n) is 24.3. The first-order chi connectivity index (χ1) is 18.9. The molecule has 40 heavy (non-hydrogen) atoms. The van der Waals surface area contributed by atoms with E-state index in [9.17, 15) is 9.18 Å². The van der Waals surface area contributed by atoms with Gasteiger partial charge in [0, 0.05) is 42.2 Å². The second-order valence-electron chi connectivity index (χ2n) is 15.0. The van der Waals surface area contributed by atoms with Crippen LogP contribution in [0.1, 0.15) is 103 Å². The molecule has 2 aromatic rings.